The summed E-state index contributed by atoms with van der Waals surface area (Å²) in [5.74, 6) is 0.970. The van der Waals surface area contributed by atoms with Crippen LogP contribution in [0, 0.1) is 25.2 Å². The Hall–Kier alpha value is -5.21. The number of hydrogen-bond acceptors (Lipinski definition) is 4. The minimum absolute atomic E-state index is 0.136. The van der Waals surface area contributed by atoms with Crippen LogP contribution in [0.2, 0.25) is 0 Å². The predicted molar refractivity (Wildman–Crippen MR) is 188 cm³/mol. The number of aromatic nitrogens is 3. The van der Waals surface area contributed by atoms with Gasteiger partial charge in [0.2, 0.25) is 0 Å². The molecule has 0 aliphatic heterocycles. The summed E-state index contributed by atoms with van der Waals surface area (Å²) in [6.07, 6.45) is 1.60. The molecule has 0 spiro atoms. The standard InChI is InChI=1S/C41H40N4O/c1-25-12-9-13-26(2)37(25)45-35-17-11-16-31(28-14-10-15-29(20-28)34-19-18-27(23-42)24-43-34)36(35)44-39(45)32-21-30(40(3,4)5)22-33(38(32)46)41(6,7)8/h9-22,24,46H,1-8H3. The van der Waals surface area contributed by atoms with Gasteiger partial charge < -0.3 is 5.11 Å². The van der Waals surface area contributed by atoms with E-state index in [0.29, 0.717) is 11.4 Å². The van der Waals surface area contributed by atoms with Gasteiger partial charge in [-0.3, -0.25) is 9.55 Å². The smallest absolute Gasteiger partial charge is 0.149 e. The molecule has 5 heteroatoms. The van der Waals surface area contributed by atoms with Crippen molar-refractivity contribution >= 4 is 11.0 Å². The van der Waals surface area contributed by atoms with E-state index in [1.165, 1.54) is 0 Å². The van der Waals surface area contributed by atoms with Gasteiger partial charge in [-0.1, -0.05) is 96.1 Å². The van der Waals surface area contributed by atoms with Crippen LogP contribution in [0.3, 0.4) is 0 Å². The summed E-state index contributed by atoms with van der Waals surface area (Å²) in [6.45, 7) is 17.3. The van der Waals surface area contributed by atoms with Crippen molar-refractivity contribution in [2.45, 2.75) is 66.2 Å². The number of imidazole rings is 1. The van der Waals surface area contributed by atoms with E-state index in [0.717, 1.165) is 66.9 Å². The van der Waals surface area contributed by atoms with Gasteiger partial charge >= 0.3 is 0 Å². The van der Waals surface area contributed by atoms with Gasteiger partial charge in [0.05, 0.1) is 33.5 Å². The van der Waals surface area contributed by atoms with Crippen LogP contribution >= 0.6 is 0 Å². The number of para-hydroxylation sites is 2. The number of rotatable bonds is 4. The highest BCUT2D eigenvalue weighted by Gasteiger charge is 2.29. The average molecular weight is 605 g/mol. The van der Waals surface area contributed by atoms with E-state index >= 15 is 0 Å². The topological polar surface area (TPSA) is 74.7 Å². The van der Waals surface area contributed by atoms with Crippen LogP contribution in [0.4, 0.5) is 0 Å². The molecule has 0 radical (unpaired) electrons. The number of benzene rings is 4. The second-order valence-electron chi connectivity index (χ2n) is 14.2. The monoisotopic (exact) mass is 604 g/mol. The highest BCUT2D eigenvalue weighted by Crippen LogP contribution is 2.44. The lowest BCUT2D eigenvalue weighted by Crippen LogP contribution is -2.17. The van der Waals surface area contributed by atoms with E-state index < -0.39 is 0 Å². The number of nitriles is 1. The normalized spacial score (nSPS) is 12.0. The fourth-order valence-corrected chi connectivity index (χ4v) is 6.18. The lowest BCUT2D eigenvalue weighted by Gasteiger charge is -2.27. The molecule has 2 heterocycles. The maximum atomic E-state index is 12.0. The van der Waals surface area contributed by atoms with Crippen LogP contribution in [0.5, 0.6) is 5.75 Å². The molecule has 0 unspecified atom stereocenters. The van der Waals surface area contributed by atoms with Crippen molar-refractivity contribution in [2.24, 2.45) is 0 Å². The van der Waals surface area contributed by atoms with Gasteiger partial charge in [-0.25, -0.2) is 4.98 Å². The van der Waals surface area contributed by atoms with Crippen LogP contribution in [0.1, 0.15) is 69.4 Å². The van der Waals surface area contributed by atoms with Crippen molar-refractivity contribution in [1.82, 2.24) is 14.5 Å². The molecule has 2 aromatic heterocycles. The van der Waals surface area contributed by atoms with Gasteiger partial charge in [0.15, 0.2) is 0 Å². The Morgan fingerprint density at radius 1 is 0.739 bits per heavy atom. The highest BCUT2D eigenvalue weighted by atomic mass is 16.3. The first-order valence-corrected chi connectivity index (χ1v) is 15.7. The van der Waals surface area contributed by atoms with Crippen molar-refractivity contribution in [3.05, 3.63) is 119 Å². The Morgan fingerprint density at radius 2 is 1.41 bits per heavy atom. The number of phenols is 1. The van der Waals surface area contributed by atoms with Gasteiger partial charge in [-0.05, 0) is 77.3 Å². The van der Waals surface area contributed by atoms with Gasteiger partial charge in [-0.2, -0.15) is 5.26 Å². The Kier molecular flexibility index (Phi) is 7.57. The molecule has 0 saturated heterocycles. The molecule has 1 N–H and O–H groups in total. The third-order valence-corrected chi connectivity index (χ3v) is 8.74. The van der Waals surface area contributed by atoms with E-state index in [2.05, 4.69) is 132 Å². The van der Waals surface area contributed by atoms with Gasteiger partial charge in [0, 0.05) is 22.9 Å². The van der Waals surface area contributed by atoms with Crippen molar-refractivity contribution in [3.8, 4) is 51.3 Å². The highest BCUT2D eigenvalue weighted by molar-refractivity contribution is 5.97. The maximum absolute atomic E-state index is 12.0. The molecule has 46 heavy (non-hydrogen) atoms. The van der Waals surface area contributed by atoms with Crippen molar-refractivity contribution in [3.63, 3.8) is 0 Å². The molecule has 0 aliphatic rings. The van der Waals surface area contributed by atoms with Crippen molar-refractivity contribution < 1.29 is 5.11 Å². The fourth-order valence-electron chi connectivity index (χ4n) is 6.18. The number of nitrogens with zero attached hydrogens (tertiary/aromatic N) is 4. The molecular formula is C41H40N4O. The molecule has 4 aromatic carbocycles. The summed E-state index contributed by atoms with van der Waals surface area (Å²) in [5.41, 5.74) is 11.8. The summed E-state index contributed by atoms with van der Waals surface area (Å²) >= 11 is 0. The Labute approximate surface area is 271 Å². The number of pyridine rings is 1. The minimum atomic E-state index is -0.277. The molecule has 6 aromatic rings. The number of aromatic hydroxyl groups is 1. The Balaban J connectivity index is 1.68. The second-order valence-corrected chi connectivity index (χ2v) is 14.2. The van der Waals surface area contributed by atoms with Crippen LogP contribution in [-0.2, 0) is 10.8 Å². The molecule has 0 fully saturated rings. The summed E-state index contributed by atoms with van der Waals surface area (Å²) < 4.78 is 2.23. The van der Waals surface area contributed by atoms with E-state index in [1.807, 2.05) is 18.2 Å². The van der Waals surface area contributed by atoms with E-state index in [4.69, 9.17) is 4.98 Å². The molecule has 0 aliphatic carbocycles. The van der Waals surface area contributed by atoms with E-state index in [9.17, 15) is 10.4 Å². The van der Waals surface area contributed by atoms with Gasteiger partial charge in [-0.15, -0.1) is 0 Å². The summed E-state index contributed by atoms with van der Waals surface area (Å²) in [5, 5.41) is 21.2. The quantitative estimate of drug-likeness (QED) is 0.217. The van der Waals surface area contributed by atoms with Crippen LogP contribution in [0.15, 0.2) is 91.1 Å². The lowest BCUT2D eigenvalue weighted by molar-refractivity contribution is 0.446. The third-order valence-electron chi connectivity index (χ3n) is 8.74. The molecule has 230 valence electrons. The molecular weight excluding hydrogens is 564 g/mol. The zero-order chi connectivity index (χ0) is 33.0. The summed E-state index contributed by atoms with van der Waals surface area (Å²) in [6, 6.07) is 31.0. The average Bonchev–Trinajstić information content (AvgIpc) is 3.39. The summed E-state index contributed by atoms with van der Waals surface area (Å²) in [4.78, 5) is 9.93. The number of hydrogen-bond donors (Lipinski definition) is 1. The number of phenolic OH excluding ortho intramolecular Hbond substituents is 1. The Morgan fingerprint density at radius 3 is 2.04 bits per heavy atom. The number of fused-ring (bicyclic) bond motifs is 1. The zero-order valence-electron chi connectivity index (χ0n) is 27.9. The SMILES string of the molecule is Cc1cccc(C)c1-n1c(-c2cc(C(C)(C)C)cc(C(C)(C)C)c2O)nc2c(-c3cccc(-c4ccc(C#N)cn4)c3)cccc21. The molecule has 0 amide bonds. The predicted octanol–water partition coefficient (Wildman–Crippen LogP) is 10.2. The van der Waals surface area contributed by atoms with Gasteiger partial charge in [0.1, 0.15) is 17.6 Å². The first-order chi connectivity index (χ1) is 21.8. The molecule has 0 bridgehead atoms. The maximum Gasteiger partial charge on any atom is 0.149 e. The van der Waals surface area contributed by atoms with E-state index in [-0.39, 0.29) is 16.6 Å². The first-order valence-electron chi connectivity index (χ1n) is 15.7. The van der Waals surface area contributed by atoms with Crippen molar-refractivity contribution in [2.75, 3.05) is 0 Å². The molecule has 5 nitrogen and oxygen atoms in total. The molecule has 6 rings (SSSR count). The van der Waals surface area contributed by atoms with Crippen LogP contribution in [0.25, 0.3) is 50.5 Å². The van der Waals surface area contributed by atoms with Crippen LogP contribution in [-0.4, -0.2) is 19.6 Å². The zero-order valence-corrected chi connectivity index (χ0v) is 27.9. The summed E-state index contributed by atoms with van der Waals surface area (Å²) in [7, 11) is 0. The number of aryl methyl sites for hydroxylation is 2. The fraction of sp³-hybridized carbons (Fsp3) is 0.244. The minimum Gasteiger partial charge on any atom is -0.507 e. The van der Waals surface area contributed by atoms with Crippen LogP contribution < -0.4 is 0 Å². The first kappa shape index (κ1) is 30.8. The molecule has 0 saturated carbocycles. The third kappa shape index (κ3) is 5.45. The second kappa shape index (κ2) is 11.3. The largest absolute Gasteiger partial charge is 0.507 e. The lowest BCUT2D eigenvalue weighted by atomic mass is 9.79. The molecule has 0 atom stereocenters. The Bertz CT molecular complexity index is 2130. The van der Waals surface area contributed by atoms with Crippen molar-refractivity contribution in [1.29, 1.82) is 5.26 Å². The van der Waals surface area contributed by atoms with E-state index in [1.54, 1.807) is 12.3 Å². The van der Waals surface area contributed by atoms with Gasteiger partial charge in [0.25, 0.3) is 0 Å².